The number of benzene rings is 1. The number of guanidine groups is 1. The highest BCUT2D eigenvalue weighted by Crippen LogP contribution is 2.26. The lowest BCUT2D eigenvalue weighted by molar-refractivity contribution is 0.0437. The standard InChI is InChI=1S/C20H29N3O4/c1-5-21-19(23-14-20(3,24)18-11-8-12-26-18)22-13-15(2)27-17-10-7-6-9-16(17)25-4/h6-12,15,24H,5,13-14H2,1-4H3,(H2,21,22,23). The fraction of sp³-hybridized carbons (Fsp3) is 0.450. The van der Waals surface area contributed by atoms with Gasteiger partial charge in [0.15, 0.2) is 17.5 Å². The van der Waals surface area contributed by atoms with E-state index in [1.807, 2.05) is 38.1 Å². The molecule has 2 rings (SSSR count). The third-order valence-electron chi connectivity index (χ3n) is 3.90. The molecule has 1 heterocycles. The van der Waals surface area contributed by atoms with E-state index in [1.165, 1.54) is 6.26 Å². The fourth-order valence-corrected chi connectivity index (χ4v) is 2.45. The van der Waals surface area contributed by atoms with Gasteiger partial charge in [-0.1, -0.05) is 12.1 Å². The number of nitrogens with one attached hydrogen (secondary N) is 2. The maximum absolute atomic E-state index is 10.5. The molecule has 0 aliphatic heterocycles. The van der Waals surface area contributed by atoms with E-state index in [2.05, 4.69) is 15.6 Å². The van der Waals surface area contributed by atoms with Crippen LogP contribution in [-0.4, -0.2) is 43.9 Å². The molecule has 2 atom stereocenters. The Labute approximate surface area is 160 Å². The van der Waals surface area contributed by atoms with E-state index in [-0.39, 0.29) is 12.6 Å². The SMILES string of the molecule is CCNC(=NCC(C)(O)c1ccco1)NCC(C)Oc1ccccc1OC. The molecule has 0 aliphatic carbocycles. The van der Waals surface area contributed by atoms with Crippen LogP contribution in [0.4, 0.5) is 0 Å². The lowest BCUT2D eigenvalue weighted by Gasteiger charge is -2.21. The van der Waals surface area contributed by atoms with Crippen LogP contribution in [0.2, 0.25) is 0 Å². The van der Waals surface area contributed by atoms with Gasteiger partial charge in [0.2, 0.25) is 0 Å². The van der Waals surface area contributed by atoms with Gasteiger partial charge in [-0.15, -0.1) is 0 Å². The van der Waals surface area contributed by atoms with E-state index < -0.39 is 5.60 Å². The van der Waals surface area contributed by atoms with Gasteiger partial charge in [-0.05, 0) is 45.0 Å². The first-order valence-corrected chi connectivity index (χ1v) is 9.04. The number of rotatable bonds is 9. The van der Waals surface area contributed by atoms with Crippen molar-refractivity contribution in [2.45, 2.75) is 32.5 Å². The maximum Gasteiger partial charge on any atom is 0.191 e. The van der Waals surface area contributed by atoms with E-state index in [1.54, 1.807) is 26.2 Å². The molecule has 1 aromatic heterocycles. The van der Waals surface area contributed by atoms with Crippen molar-refractivity contribution in [3.8, 4) is 11.5 Å². The summed E-state index contributed by atoms with van der Waals surface area (Å²) in [4.78, 5) is 4.46. The third-order valence-corrected chi connectivity index (χ3v) is 3.90. The predicted octanol–water partition coefficient (Wildman–Crippen LogP) is 2.52. The number of methoxy groups -OCH3 is 1. The first kappa shape index (κ1) is 20.6. The van der Waals surface area contributed by atoms with Gasteiger partial charge in [0.05, 0.1) is 26.5 Å². The van der Waals surface area contributed by atoms with Crippen LogP contribution < -0.4 is 20.1 Å². The summed E-state index contributed by atoms with van der Waals surface area (Å²) < 4.78 is 16.5. The van der Waals surface area contributed by atoms with Crippen molar-refractivity contribution in [1.29, 1.82) is 0 Å². The van der Waals surface area contributed by atoms with Gasteiger partial charge >= 0.3 is 0 Å². The molecule has 2 aromatic rings. The van der Waals surface area contributed by atoms with Gasteiger partial charge in [-0.25, -0.2) is 4.99 Å². The smallest absolute Gasteiger partial charge is 0.191 e. The highest BCUT2D eigenvalue weighted by molar-refractivity contribution is 5.79. The Balaban J connectivity index is 1.93. The average Bonchev–Trinajstić information content (AvgIpc) is 3.20. The van der Waals surface area contributed by atoms with Crippen molar-refractivity contribution in [3.63, 3.8) is 0 Å². The highest BCUT2D eigenvalue weighted by Gasteiger charge is 2.26. The first-order chi connectivity index (χ1) is 13.0. The van der Waals surface area contributed by atoms with Gasteiger partial charge in [-0.2, -0.15) is 0 Å². The molecule has 0 saturated heterocycles. The zero-order valence-corrected chi connectivity index (χ0v) is 16.4. The topological polar surface area (TPSA) is 88.3 Å². The summed E-state index contributed by atoms with van der Waals surface area (Å²) in [5.41, 5.74) is -1.18. The number of ether oxygens (including phenoxy) is 2. The first-order valence-electron chi connectivity index (χ1n) is 9.04. The van der Waals surface area contributed by atoms with Crippen molar-refractivity contribution in [1.82, 2.24) is 10.6 Å². The van der Waals surface area contributed by atoms with E-state index in [0.717, 1.165) is 0 Å². The number of furan rings is 1. The predicted molar refractivity (Wildman–Crippen MR) is 105 cm³/mol. The summed E-state index contributed by atoms with van der Waals surface area (Å²) in [6.45, 7) is 7.02. The quantitative estimate of drug-likeness (QED) is 0.461. The van der Waals surface area contributed by atoms with E-state index >= 15 is 0 Å². The number of aliphatic hydroxyl groups is 1. The molecule has 0 aliphatic rings. The van der Waals surface area contributed by atoms with Crippen LogP contribution in [0.3, 0.4) is 0 Å². The molecule has 0 fully saturated rings. The van der Waals surface area contributed by atoms with E-state index in [4.69, 9.17) is 13.9 Å². The lowest BCUT2D eigenvalue weighted by Crippen LogP contribution is -2.42. The largest absolute Gasteiger partial charge is 0.493 e. The number of para-hydroxylation sites is 2. The van der Waals surface area contributed by atoms with E-state index in [0.29, 0.717) is 36.3 Å². The number of hydrogen-bond acceptors (Lipinski definition) is 5. The number of hydrogen-bond donors (Lipinski definition) is 3. The Kier molecular flexibility index (Phi) is 7.55. The Bertz CT molecular complexity index is 714. The van der Waals surface area contributed by atoms with Crippen LogP contribution in [0.15, 0.2) is 52.1 Å². The Morgan fingerprint density at radius 3 is 2.59 bits per heavy atom. The number of nitrogens with zero attached hydrogens (tertiary/aromatic N) is 1. The minimum Gasteiger partial charge on any atom is -0.493 e. The minimum atomic E-state index is -1.18. The van der Waals surface area contributed by atoms with Gasteiger partial charge in [0, 0.05) is 6.54 Å². The average molecular weight is 375 g/mol. The minimum absolute atomic E-state index is 0.115. The zero-order chi connectivity index (χ0) is 19.7. The second kappa shape index (κ2) is 9.87. The monoisotopic (exact) mass is 375 g/mol. The van der Waals surface area contributed by atoms with Crippen LogP contribution in [0.1, 0.15) is 26.5 Å². The zero-order valence-electron chi connectivity index (χ0n) is 16.4. The van der Waals surface area contributed by atoms with Crippen molar-refractivity contribution in [2.24, 2.45) is 4.99 Å². The Morgan fingerprint density at radius 1 is 1.22 bits per heavy atom. The van der Waals surface area contributed by atoms with Crippen LogP contribution in [0.5, 0.6) is 11.5 Å². The second-order valence-corrected chi connectivity index (χ2v) is 6.41. The molecule has 0 amide bonds. The summed E-state index contributed by atoms with van der Waals surface area (Å²) in [7, 11) is 1.62. The van der Waals surface area contributed by atoms with Crippen molar-refractivity contribution >= 4 is 5.96 Å². The summed E-state index contributed by atoms with van der Waals surface area (Å²) in [6, 6.07) is 11.0. The van der Waals surface area contributed by atoms with Gasteiger partial charge in [-0.3, -0.25) is 0 Å². The number of aliphatic imine (C=N–C) groups is 1. The van der Waals surface area contributed by atoms with Crippen molar-refractivity contribution < 1.29 is 19.0 Å². The van der Waals surface area contributed by atoms with Crippen LogP contribution in [0.25, 0.3) is 0 Å². The molecule has 3 N–H and O–H groups in total. The van der Waals surface area contributed by atoms with Crippen LogP contribution >= 0.6 is 0 Å². The Hall–Kier alpha value is -2.67. The molecular formula is C20H29N3O4. The molecule has 0 bridgehead atoms. The molecule has 7 heteroatoms. The molecule has 0 radical (unpaired) electrons. The second-order valence-electron chi connectivity index (χ2n) is 6.41. The molecule has 1 aromatic carbocycles. The van der Waals surface area contributed by atoms with Gasteiger partial charge in [0.25, 0.3) is 0 Å². The van der Waals surface area contributed by atoms with Crippen LogP contribution in [0, 0.1) is 0 Å². The Morgan fingerprint density at radius 2 is 1.96 bits per heavy atom. The molecule has 2 unspecified atom stereocenters. The normalized spacial score (nSPS) is 14.9. The van der Waals surface area contributed by atoms with E-state index in [9.17, 15) is 5.11 Å². The molecule has 7 nitrogen and oxygen atoms in total. The van der Waals surface area contributed by atoms with Gasteiger partial charge in [0.1, 0.15) is 17.5 Å². The van der Waals surface area contributed by atoms with Crippen LogP contribution in [-0.2, 0) is 5.60 Å². The highest BCUT2D eigenvalue weighted by atomic mass is 16.5. The summed E-state index contributed by atoms with van der Waals surface area (Å²) in [5, 5.41) is 16.9. The van der Waals surface area contributed by atoms with Gasteiger partial charge < -0.3 is 29.6 Å². The summed E-state index contributed by atoms with van der Waals surface area (Å²) in [5.74, 6) is 2.46. The molecule has 27 heavy (non-hydrogen) atoms. The lowest BCUT2D eigenvalue weighted by atomic mass is 10.0. The molecular weight excluding hydrogens is 346 g/mol. The maximum atomic E-state index is 10.5. The summed E-state index contributed by atoms with van der Waals surface area (Å²) >= 11 is 0. The molecule has 148 valence electrons. The van der Waals surface area contributed by atoms with Crippen molar-refractivity contribution in [2.75, 3.05) is 26.7 Å². The molecule has 0 saturated carbocycles. The fourth-order valence-electron chi connectivity index (χ4n) is 2.45. The van der Waals surface area contributed by atoms with Crippen molar-refractivity contribution in [3.05, 3.63) is 48.4 Å². The summed E-state index contributed by atoms with van der Waals surface area (Å²) in [6.07, 6.45) is 1.42. The molecule has 0 spiro atoms. The third kappa shape index (κ3) is 6.21.